The van der Waals surface area contributed by atoms with Gasteiger partial charge in [-0.1, -0.05) is 11.2 Å². The molecule has 0 spiro atoms. The average Bonchev–Trinajstić information content (AvgIpc) is 3.38. The molecular formula is C19H16FN3O2. The van der Waals surface area contributed by atoms with Gasteiger partial charge in [-0.05, 0) is 49.2 Å². The second-order valence-corrected chi connectivity index (χ2v) is 6.08. The minimum absolute atomic E-state index is 0.252. The lowest BCUT2D eigenvalue weighted by molar-refractivity contribution is 0.0976. The van der Waals surface area contributed by atoms with Gasteiger partial charge in [0.15, 0.2) is 5.69 Å². The SMILES string of the molecule is O=C(c1cc(C2CC2)on1)N(Cc1ccccn1)c1ccc(F)cc1. The van der Waals surface area contributed by atoms with Crippen molar-refractivity contribution in [1.82, 2.24) is 10.1 Å². The van der Waals surface area contributed by atoms with Crippen LogP contribution < -0.4 is 4.90 Å². The summed E-state index contributed by atoms with van der Waals surface area (Å²) in [6.07, 6.45) is 3.81. The fourth-order valence-corrected chi connectivity index (χ4v) is 2.64. The van der Waals surface area contributed by atoms with Crippen molar-refractivity contribution < 1.29 is 13.7 Å². The summed E-state index contributed by atoms with van der Waals surface area (Å²) < 4.78 is 18.5. The maximum absolute atomic E-state index is 13.3. The number of benzene rings is 1. The van der Waals surface area contributed by atoms with Crippen LogP contribution in [0.15, 0.2) is 59.3 Å². The fourth-order valence-electron chi connectivity index (χ4n) is 2.64. The molecule has 0 unspecified atom stereocenters. The predicted molar refractivity (Wildman–Crippen MR) is 89.6 cm³/mol. The topological polar surface area (TPSA) is 59.2 Å². The third kappa shape index (κ3) is 3.42. The third-order valence-electron chi connectivity index (χ3n) is 4.16. The molecule has 1 fully saturated rings. The van der Waals surface area contributed by atoms with Gasteiger partial charge >= 0.3 is 0 Å². The first kappa shape index (κ1) is 15.5. The molecule has 2 aromatic heterocycles. The van der Waals surface area contributed by atoms with E-state index in [0.29, 0.717) is 11.6 Å². The first-order valence-corrected chi connectivity index (χ1v) is 8.14. The molecule has 4 rings (SSSR count). The van der Waals surface area contributed by atoms with E-state index in [1.54, 1.807) is 24.4 Å². The summed E-state index contributed by atoms with van der Waals surface area (Å²) in [4.78, 5) is 18.8. The number of hydrogen-bond donors (Lipinski definition) is 0. The van der Waals surface area contributed by atoms with E-state index in [1.807, 2.05) is 18.2 Å². The molecule has 0 aliphatic heterocycles. The zero-order chi connectivity index (χ0) is 17.2. The van der Waals surface area contributed by atoms with Crippen LogP contribution in [0.4, 0.5) is 10.1 Å². The Bertz CT molecular complexity index is 873. The van der Waals surface area contributed by atoms with E-state index < -0.39 is 0 Å². The van der Waals surface area contributed by atoms with Gasteiger partial charge in [0.1, 0.15) is 11.6 Å². The first-order valence-electron chi connectivity index (χ1n) is 8.14. The molecule has 0 radical (unpaired) electrons. The highest BCUT2D eigenvalue weighted by molar-refractivity contribution is 6.04. The molecule has 1 amide bonds. The van der Waals surface area contributed by atoms with Crippen molar-refractivity contribution in [3.8, 4) is 0 Å². The average molecular weight is 337 g/mol. The van der Waals surface area contributed by atoms with Crippen molar-refractivity contribution in [3.05, 3.63) is 77.7 Å². The second-order valence-electron chi connectivity index (χ2n) is 6.08. The molecule has 5 nitrogen and oxygen atoms in total. The van der Waals surface area contributed by atoms with Crippen molar-refractivity contribution >= 4 is 11.6 Å². The number of anilines is 1. The van der Waals surface area contributed by atoms with Gasteiger partial charge in [0, 0.05) is 23.9 Å². The number of halogens is 1. The number of nitrogens with zero attached hydrogens (tertiary/aromatic N) is 3. The van der Waals surface area contributed by atoms with Crippen molar-refractivity contribution in [3.63, 3.8) is 0 Å². The standard InChI is InChI=1S/C19H16FN3O2/c20-14-6-8-16(9-7-14)23(12-15-3-1-2-10-21-15)19(24)17-11-18(25-22-17)13-4-5-13/h1-3,6-11,13H,4-5,12H2. The van der Waals surface area contributed by atoms with Crippen LogP contribution in [-0.2, 0) is 6.54 Å². The highest BCUT2D eigenvalue weighted by Gasteiger charge is 2.30. The lowest BCUT2D eigenvalue weighted by Gasteiger charge is -2.21. The van der Waals surface area contributed by atoms with Gasteiger partial charge in [0.2, 0.25) is 0 Å². The third-order valence-corrected chi connectivity index (χ3v) is 4.16. The number of aromatic nitrogens is 2. The number of carbonyl (C=O) groups excluding carboxylic acids is 1. The monoisotopic (exact) mass is 337 g/mol. The van der Waals surface area contributed by atoms with Gasteiger partial charge in [-0.2, -0.15) is 0 Å². The van der Waals surface area contributed by atoms with Crippen LogP contribution in [-0.4, -0.2) is 16.0 Å². The summed E-state index contributed by atoms with van der Waals surface area (Å²) in [5.74, 6) is 0.476. The van der Waals surface area contributed by atoms with Gasteiger partial charge in [-0.25, -0.2) is 4.39 Å². The van der Waals surface area contributed by atoms with E-state index in [9.17, 15) is 9.18 Å². The molecule has 0 bridgehead atoms. The van der Waals surface area contributed by atoms with Crippen molar-refractivity contribution in [2.75, 3.05) is 4.90 Å². The summed E-state index contributed by atoms with van der Waals surface area (Å²) in [7, 11) is 0. The Kier molecular flexibility index (Phi) is 4.01. The van der Waals surface area contributed by atoms with Crippen LogP contribution in [0.1, 0.15) is 40.7 Å². The van der Waals surface area contributed by atoms with E-state index in [-0.39, 0.29) is 24.0 Å². The minimum Gasteiger partial charge on any atom is -0.360 e. The fraction of sp³-hybridized carbons (Fsp3) is 0.211. The summed E-state index contributed by atoms with van der Waals surface area (Å²) in [5, 5.41) is 3.92. The van der Waals surface area contributed by atoms with Gasteiger partial charge in [-0.15, -0.1) is 0 Å². The second kappa shape index (κ2) is 6.47. The molecule has 1 aromatic carbocycles. The number of rotatable bonds is 5. The lowest BCUT2D eigenvalue weighted by Crippen LogP contribution is -2.31. The molecule has 0 atom stereocenters. The predicted octanol–water partition coefficient (Wildman–Crippen LogP) is 3.93. The highest BCUT2D eigenvalue weighted by atomic mass is 19.1. The quantitative estimate of drug-likeness (QED) is 0.708. The number of hydrogen-bond acceptors (Lipinski definition) is 4. The molecule has 1 aliphatic rings. The Balaban J connectivity index is 1.65. The number of amides is 1. The van der Waals surface area contributed by atoms with Crippen LogP contribution in [0, 0.1) is 5.82 Å². The van der Waals surface area contributed by atoms with Crippen molar-refractivity contribution in [2.24, 2.45) is 0 Å². The maximum atomic E-state index is 13.3. The van der Waals surface area contributed by atoms with E-state index in [2.05, 4.69) is 10.1 Å². The maximum Gasteiger partial charge on any atom is 0.280 e. The molecule has 0 saturated heterocycles. The molecular weight excluding hydrogens is 321 g/mol. The van der Waals surface area contributed by atoms with Gasteiger partial charge in [0.05, 0.1) is 12.2 Å². The van der Waals surface area contributed by atoms with Crippen molar-refractivity contribution in [1.29, 1.82) is 0 Å². The van der Waals surface area contributed by atoms with Crippen LogP contribution >= 0.6 is 0 Å². The summed E-state index contributed by atoms with van der Waals surface area (Å²) in [6.45, 7) is 0.261. The van der Waals surface area contributed by atoms with Gasteiger partial charge in [-0.3, -0.25) is 9.78 Å². The first-order chi connectivity index (χ1) is 12.2. The molecule has 126 valence electrons. The smallest absolute Gasteiger partial charge is 0.280 e. The summed E-state index contributed by atoms with van der Waals surface area (Å²) in [5.41, 5.74) is 1.56. The Labute approximate surface area is 144 Å². The largest absolute Gasteiger partial charge is 0.360 e. The van der Waals surface area contributed by atoms with Gasteiger partial charge < -0.3 is 9.42 Å². The molecule has 25 heavy (non-hydrogen) atoms. The van der Waals surface area contributed by atoms with Crippen LogP contribution in [0.5, 0.6) is 0 Å². The van der Waals surface area contributed by atoms with E-state index >= 15 is 0 Å². The zero-order valence-electron chi connectivity index (χ0n) is 13.4. The molecule has 1 saturated carbocycles. The van der Waals surface area contributed by atoms with E-state index in [4.69, 9.17) is 4.52 Å². The van der Waals surface area contributed by atoms with E-state index in [0.717, 1.165) is 24.3 Å². The van der Waals surface area contributed by atoms with E-state index in [1.165, 1.54) is 17.0 Å². The Morgan fingerprint density at radius 1 is 1.20 bits per heavy atom. The van der Waals surface area contributed by atoms with Crippen LogP contribution in [0.3, 0.4) is 0 Å². The number of carbonyl (C=O) groups is 1. The zero-order valence-corrected chi connectivity index (χ0v) is 13.4. The Morgan fingerprint density at radius 3 is 2.68 bits per heavy atom. The van der Waals surface area contributed by atoms with Crippen molar-refractivity contribution in [2.45, 2.75) is 25.3 Å². The van der Waals surface area contributed by atoms with Crippen LogP contribution in [0.25, 0.3) is 0 Å². The Hall–Kier alpha value is -3.02. The summed E-state index contributed by atoms with van der Waals surface area (Å²) in [6, 6.07) is 13.0. The molecule has 3 aromatic rings. The minimum atomic E-state index is -0.355. The molecule has 6 heteroatoms. The normalized spacial score (nSPS) is 13.6. The Morgan fingerprint density at radius 2 is 2.00 bits per heavy atom. The summed E-state index contributed by atoms with van der Waals surface area (Å²) >= 11 is 0. The highest BCUT2D eigenvalue weighted by Crippen LogP contribution is 2.40. The number of pyridine rings is 1. The van der Waals surface area contributed by atoms with Gasteiger partial charge in [0.25, 0.3) is 5.91 Å². The lowest BCUT2D eigenvalue weighted by atomic mass is 10.2. The molecule has 0 N–H and O–H groups in total. The molecule has 2 heterocycles. The van der Waals surface area contributed by atoms with Crippen LogP contribution in [0.2, 0.25) is 0 Å². The molecule has 1 aliphatic carbocycles.